The number of aliphatic hydroxyl groups excluding tert-OH is 1. The molecule has 4 aliphatic heterocycles. The minimum Gasteiger partial charge on any atom is -0.388 e. The Kier molecular flexibility index (Phi) is 6.87. The van der Waals surface area contributed by atoms with Gasteiger partial charge in [-0.1, -0.05) is 106 Å². The Morgan fingerprint density at radius 1 is 0.875 bits per heavy atom. The number of phosphoric ester groups is 1. The summed E-state index contributed by atoms with van der Waals surface area (Å²) in [5, 5.41) is 23.4. The molecule has 0 aliphatic carbocycles. The third-order valence-corrected chi connectivity index (χ3v) is 10.3. The van der Waals surface area contributed by atoms with Crippen molar-refractivity contribution >= 4 is 7.82 Å². The second kappa shape index (κ2) is 9.88. The molecule has 0 amide bonds. The van der Waals surface area contributed by atoms with E-state index in [1.807, 2.05) is 72.8 Å². The zero-order valence-corrected chi connectivity index (χ0v) is 24.2. The van der Waals surface area contributed by atoms with Crippen molar-refractivity contribution in [1.29, 1.82) is 0 Å². The number of benzene rings is 3. The molecule has 0 radical (unpaired) electrons. The maximum absolute atomic E-state index is 13.2. The lowest BCUT2D eigenvalue weighted by atomic mass is 9.65. The highest BCUT2D eigenvalue weighted by Crippen LogP contribution is 2.82. The Labute approximate surface area is 236 Å². The van der Waals surface area contributed by atoms with E-state index in [4.69, 9.17) is 13.6 Å². The first-order chi connectivity index (χ1) is 19.0. The number of phosphoric acid groups is 1. The molecule has 2 N–H and O–H groups in total. The molecule has 40 heavy (non-hydrogen) atoms. The molecule has 212 valence electrons. The van der Waals surface area contributed by atoms with E-state index < -0.39 is 30.9 Å². The van der Waals surface area contributed by atoms with Gasteiger partial charge in [-0.2, -0.15) is 0 Å². The van der Waals surface area contributed by atoms with E-state index in [9.17, 15) is 14.8 Å². The van der Waals surface area contributed by atoms with Crippen LogP contribution in [0.1, 0.15) is 68.4 Å². The number of piperidine rings is 1. The lowest BCUT2D eigenvalue weighted by molar-refractivity contribution is -0.281. The molecular weight excluding hydrogens is 525 g/mol. The second-order valence-electron chi connectivity index (χ2n) is 12.3. The number of likely N-dealkylation sites (tertiary alicyclic amines) is 1. The average molecular weight is 564 g/mol. The topological polar surface area (TPSA) is 88.5 Å². The summed E-state index contributed by atoms with van der Waals surface area (Å²) in [6.45, 7) is 8.12. The van der Waals surface area contributed by atoms with Gasteiger partial charge in [0.25, 0.3) is 0 Å². The molecule has 3 aromatic carbocycles. The molecule has 2 bridgehead atoms. The zero-order valence-electron chi connectivity index (χ0n) is 23.3. The smallest absolute Gasteiger partial charge is 0.388 e. The Morgan fingerprint density at radius 2 is 1.45 bits per heavy atom. The van der Waals surface area contributed by atoms with Gasteiger partial charge in [-0.05, 0) is 53.5 Å². The largest absolute Gasteiger partial charge is 0.481 e. The Balaban J connectivity index is 1.20. The minimum absolute atomic E-state index is 0.0686. The van der Waals surface area contributed by atoms with Crippen molar-refractivity contribution in [3.8, 4) is 0 Å². The molecule has 0 aromatic heterocycles. The van der Waals surface area contributed by atoms with E-state index in [0.717, 1.165) is 12.0 Å². The first kappa shape index (κ1) is 27.8. The number of aliphatic hydroxyl groups is 2. The van der Waals surface area contributed by atoms with Gasteiger partial charge < -0.3 is 10.2 Å². The van der Waals surface area contributed by atoms with Crippen molar-refractivity contribution in [2.75, 3.05) is 19.6 Å². The van der Waals surface area contributed by atoms with Crippen LogP contribution in [0, 0.1) is 0 Å². The summed E-state index contributed by atoms with van der Waals surface area (Å²) >= 11 is 0. The van der Waals surface area contributed by atoms with Crippen LogP contribution in [0.5, 0.6) is 0 Å². The van der Waals surface area contributed by atoms with Gasteiger partial charge in [0.05, 0.1) is 12.6 Å². The maximum Gasteiger partial charge on any atom is 0.481 e. The van der Waals surface area contributed by atoms with Crippen LogP contribution in [-0.4, -0.2) is 46.1 Å². The highest BCUT2D eigenvalue weighted by molar-refractivity contribution is 7.50. The fourth-order valence-electron chi connectivity index (χ4n) is 6.51. The molecule has 0 saturated carbocycles. The summed E-state index contributed by atoms with van der Waals surface area (Å²) in [7, 11) is -3.77. The van der Waals surface area contributed by atoms with Gasteiger partial charge in [0, 0.05) is 6.54 Å². The standard InChI is InChI=1S/C32H38NO6P/c1-29(2,3)25-18-16-24(17-19-25)28(34)15-10-21-33-22-20-30(31(23-33)38-40(36,37-30)39-31)32(35,26-11-6-4-7-12-26)27-13-8-5-9-14-27/h4-9,11-14,16-19,28,34-35H,10,15,20-23H2,1-3H3. The quantitative estimate of drug-likeness (QED) is 0.322. The molecule has 4 saturated heterocycles. The first-order valence-corrected chi connectivity index (χ1v) is 15.5. The number of rotatable bonds is 8. The van der Waals surface area contributed by atoms with Crippen LogP contribution in [0.3, 0.4) is 0 Å². The van der Waals surface area contributed by atoms with Crippen molar-refractivity contribution in [3.05, 3.63) is 107 Å². The maximum atomic E-state index is 13.2. The summed E-state index contributed by atoms with van der Waals surface area (Å²) < 4.78 is 31.2. The van der Waals surface area contributed by atoms with Crippen LogP contribution < -0.4 is 0 Å². The summed E-state index contributed by atoms with van der Waals surface area (Å²) in [6.07, 6.45) is 1.17. The highest BCUT2D eigenvalue weighted by Gasteiger charge is 2.85. The van der Waals surface area contributed by atoms with Crippen LogP contribution in [-0.2, 0) is 29.2 Å². The van der Waals surface area contributed by atoms with Gasteiger partial charge in [0.2, 0.25) is 5.79 Å². The molecular formula is C32H38NO6P. The van der Waals surface area contributed by atoms with Gasteiger partial charge in [-0.3, -0.25) is 9.42 Å². The van der Waals surface area contributed by atoms with E-state index in [1.54, 1.807) is 0 Å². The van der Waals surface area contributed by atoms with Gasteiger partial charge >= 0.3 is 7.82 Å². The summed E-state index contributed by atoms with van der Waals surface area (Å²) in [5.41, 5.74) is 0.434. The molecule has 2 atom stereocenters. The van der Waals surface area contributed by atoms with Crippen LogP contribution in [0.4, 0.5) is 0 Å². The lowest BCUT2D eigenvalue weighted by Gasteiger charge is -2.54. The van der Waals surface area contributed by atoms with Crippen molar-refractivity contribution in [1.82, 2.24) is 4.90 Å². The van der Waals surface area contributed by atoms with E-state index in [-0.39, 0.29) is 5.41 Å². The Hall–Kier alpha value is -2.35. The molecule has 2 unspecified atom stereocenters. The Morgan fingerprint density at radius 3 is 2.00 bits per heavy atom. The highest BCUT2D eigenvalue weighted by atomic mass is 31.2. The summed E-state index contributed by atoms with van der Waals surface area (Å²) in [6, 6.07) is 26.9. The molecule has 7 nitrogen and oxygen atoms in total. The SMILES string of the molecule is CC(C)(C)c1ccc(C(O)CCCN2CCC3(C(O)(c4ccccc4)c4ccccc4)OP4(=O)OC3(C2)O4)cc1. The van der Waals surface area contributed by atoms with Crippen LogP contribution >= 0.6 is 7.82 Å². The molecule has 3 aromatic rings. The van der Waals surface area contributed by atoms with Gasteiger partial charge in [0.1, 0.15) is 5.60 Å². The number of nitrogens with zero attached hydrogens (tertiary/aromatic N) is 1. The van der Waals surface area contributed by atoms with Gasteiger partial charge in [-0.25, -0.2) is 13.6 Å². The molecule has 7 rings (SSSR count). The van der Waals surface area contributed by atoms with Gasteiger partial charge in [-0.15, -0.1) is 0 Å². The van der Waals surface area contributed by atoms with Crippen LogP contribution in [0.15, 0.2) is 84.9 Å². The average Bonchev–Trinajstić information content (AvgIpc) is 3.37. The fourth-order valence-corrected chi connectivity index (χ4v) is 8.47. The second-order valence-corrected chi connectivity index (χ2v) is 13.7. The molecule has 4 aliphatic rings. The van der Waals surface area contributed by atoms with Gasteiger partial charge in [0.15, 0.2) is 5.60 Å². The van der Waals surface area contributed by atoms with Crippen LogP contribution in [0.25, 0.3) is 0 Å². The number of hydrogen-bond acceptors (Lipinski definition) is 7. The first-order valence-electron chi connectivity index (χ1n) is 14.1. The van der Waals surface area contributed by atoms with Crippen molar-refractivity contribution in [2.24, 2.45) is 0 Å². The third-order valence-electron chi connectivity index (χ3n) is 8.69. The summed E-state index contributed by atoms with van der Waals surface area (Å²) in [4.78, 5) is 2.18. The van der Waals surface area contributed by atoms with E-state index in [2.05, 4.69) is 37.8 Å². The third kappa shape index (κ3) is 4.40. The van der Waals surface area contributed by atoms with E-state index in [1.165, 1.54) is 5.56 Å². The summed E-state index contributed by atoms with van der Waals surface area (Å²) in [5.74, 6) is -1.37. The van der Waals surface area contributed by atoms with Crippen molar-refractivity contribution < 1.29 is 28.3 Å². The van der Waals surface area contributed by atoms with Crippen molar-refractivity contribution in [3.63, 3.8) is 0 Å². The molecule has 8 heteroatoms. The van der Waals surface area contributed by atoms with Crippen LogP contribution in [0.2, 0.25) is 0 Å². The fraction of sp³-hybridized carbons (Fsp3) is 0.438. The monoisotopic (exact) mass is 563 g/mol. The lowest BCUT2D eigenvalue weighted by Crippen LogP contribution is -2.72. The van der Waals surface area contributed by atoms with Crippen molar-refractivity contribution in [2.45, 2.75) is 68.5 Å². The number of hydrogen-bond donors (Lipinski definition) is 2. The zero-order chi connectivity index (χ0) is 28.2. The normalized spacial score (nSPS) is 29.0. The Bertz CT molecular complexity index is 1340. The van der Waals surface area contributed by atoms with E-state index in [0.29, 0.717) is 43.6 Å². The van der Waals surface area contributed by atoms with E-state index >= 15 is 0 Å². The molecule has 4 heterocycles. The predicted molar refractivity (Wildman–Crippen MR) is 153 cm³/mol. The molecule has 4 fully saturated rings. The predicted octanol–water partition coefficient (Wildman–Crippen LogP) is 6.06. The minimum atomic E-state index is -3.77. The molecule has 1 spiro atoms.